The van der Waals surface area contributed by atoms with Gasteiger partial charge in [-0.2, -0.15) is 5.10 Å². The smallest absolute Gasteiger partial charge is 0.247 e. The van der Waals surface area contributed by atoms with E-state index in [1.807, 2.05) is 39.0 Å². The summed E-state index contributed by atoms with van der Waals surface area (Å²) in [7, 11) is 0. The molecular formula is C15H15ClN4OS. The summed E-state index contributed by atoms with van der Waals surface area (Å²) in [6.07, 6.45) is 0. The van der Waals surface area contributed by atoms with Crippen molar-refractivity contribution in [2.24, 2.45) is 0 Å². The molecule has 0 radical (unpaired) electrons. The van der Waals surface area contributed by atoms with E-state index in [2.05, 4.69) is 15.4 Å². The van der Waals surface area contributed by atoms with Gasteiger partial charge in [-0.25, -0.2) is 4.98 Å². The van der Waals surface area contributed by atoms with Gasteiger partial charge in [0.1, 0.15) is 6.54 Å². The third-order valence-electron chi connectivity index (χ3n) is 3.29. The van der Waals surface area contributed by atoms with Crippen LogP contribution in [0, 0.1) is 20.8 Å². The van der Waals surface area contributed by atoms with Gasteiger partial charge in [0.05, 0.1) is 15.9 Å². The number of anilines is 1. The summed E-state index contributed by atoms with van der Waals surface area (Å²) < 4.78 is 2.64. The van der Waals surface area contributed by atoms with E-state index in [0.717, 1.165) is 27.2 Å². The van der Waals surface area contributed by atoms with Gasteiger partial charge in [-0.15, -0.1) is 0 Å². The van der Waals surface area contributed by atoms with E-state index in [0.29, 0.717) is 10.2 Å². The maximum Gasteiger partial charge on any atom is 0.247 e. The SMILES string of the molecule is Cc1cc(C)n(CC(=O)Nc2nc3c(C)cc(Cl)cc3s2)n1. The minimum Gasteiger partial charge on any atom is -0.300 e. The van der Waals surface area contributed by atoms with Crippen LogP contribution >= 0.6 is 22.9 Å². The molecule has 114 valence electrons. The number of aromatic nitrogens is 3. The molecule has 2 heterocycles. The molecule has 0 aliphatic heterocycles. The highest BCUT2D eigenvalue weighted by atomic mass is 35.5. The normalized spacial score (nSPS) is 11.1. The number of amides is 1. The summed E-state index contributed by atoms with van der Waals surface area (Å²) in [5, 5.41) is 8.36. The maximum atomic E-state index is 12.1. The first-order valence-electron chi connectivity index (χ1n) is 6.80. The highest BCUT2D eigenvalue weighted by molar-refractivity contribution is 7.22. The topological polar surface area (TPSA) is 59.8 Å². The van der Waals surface area contributed by atoms with Crippen molar-refractivity contribution in [2.45, 2.75) is 27.3 Å². The lowest BCUT2D eigenvalue weighted by molar-refractivity contribution is -0.116. The van der Waals surface area contributed by atoms with Crippen LogP contribution in [0.2, 0.25) is 5.02 Å². The molecule has 0 aliphatic carbocycles. The first kappa shape index (κ1) is 15.0. The summed E-state index contributed by atoms with van der Waals surface area (Å²) >= 11 is 7.46. The summed E-state index contributed by atoms with van der Waals surface area (Å²) in [5.74, 6) is -0.144. The Balaban J connectivity index is 1.79. The molecule has 1 amide bonds. The van der Waals surface area contributed by atoms with Crippen LogP contribution in [-0.2, 0) is 11.3 Å². The minimum absolute atomic E-state index is 0.144. The number of carbonyl (C=O) groups excluding carboxylic acids is 1. The fourth-order valence-corrected chi connectivity index (χ4v) is 3.67. The second-order valence-corrected chi connectivity index (χ2v) is 6.69. The van der Waals surface area contributed by atoms with Crippen LogP contribution in [0.25, 0.3) is 10.2 Å². The third-order valence-corrected chi connectivity index (χ3v) is 4.43. The van der Waals surface area contributed by atoms with Gasteiger partial charge >= 0.3 is 0 Å². The molecule has 0 unspecified atom stereocenters. The molecule has 0 saturated heterocycles. The first-order chi connectivity index (χ1) is 10.4. The van der Waals surface area contributed by atoms with Crippen LogP contribution in [0.4, 0.5) is 5.13 Å². The summed E-state index contributed by atoms with van der Waals surface area (Å²) in [4.78, 5) is 16.6. The second-order valence-electron chi connectivity index (χ2n) is 5.22. The predicted octanol–water partition coefficient (Wildman–Crippen LogP) is 3.71. The van der Waals surface area contributed by atoms with Gasteiger partial charge in [-0.1, -0.05) is 22.9 Å². The molecule has 1 aromatic carbocycles. The van der Waals surface area contributed by atoms with Crippen molar-refractivity contribution in [1.82, 2.24) is 14.8 Å². The Labute approximate surface area is 136 Å². The van der Waals surface area contributed by atoms with Gasteiger partial charge in [0.15, 0.2) is 5.13 Å². The first-order valence-corrected chi connectivity index (χ1v) is 7.99. The number of rotatable bonds is 3. The average Bonchev–Trinajstić information content (AvgIpc) is 2.93. The molecule has 2 aromatic heterocycles. The Bertz CT molecular complexity index is 868. The highest BCUT2D eigenvalue weighted by Gasteiger charge is 2.12. The molecule has 0 spiro atoms. The summed E-state index contributed by atoms with van der Waals surface area (Å²) in [6, 6.07) is 5.67. The van der Waals surface area contributed by atoms with Crippen LogP contribution in [-0.4, -0.2) is 20.7 Å². The zero-order valence-electron chi connectivity index (χ0n) is 12.5. The van der Waals surface area contributed by atoms with Gasteiger partial charge in [-0.3, -0.25) is 9.48 Å². The van der Waals surface area contributed by atoms with E-state index in [4.69, 9.17) is 11.6 Å². The Morgan fingerprint density at radius 3 is 2.77 bits per heavy atom. The van der Waals surface area contributed by atoms with E-state index >= 15 is 0 Å². The number of thiazole rings is 1. The number of halogens is 1. The molecule has 0 bridgehead atoms. The van der Waals surface area contributed by atoms with E-state index in [1.165, 1.54) is 11.3 Å². The Morgan fingerprint density at radius 1 is 1.32 bits per heavy atom. The molecule has 5 nitrogen and oxygen atoms in total. The molecular weight excluding hydrogens is 320 g/mol. The molecule has 7 heteroatoms. The van der Waals surface area contributed by atoms with Crippen LogP contribution < -0.4 is 5.32 Å². The van der Waals surface area contributed by atoms with Crippen LogP contribution in [0.3, 0.4) is 0 Å². The molecule has 22 heavy (non-hydrogen) atoms. The Morgan fingerprint density at radius 2 is 2.09 bits per heavy atom. The number of nitrogens with one attached hydrogen (secondary N) is 1. The number of carbonyl (C=O) groups is 1. The number of nitrogens with zero attached hydrogens (tertiary/aromatic N) is 3. The predicted molar refractivity (Wildman–Crippen MR) is 89.7 cm³/mol. The minimum atomic E-state index is -0.144. The van der Waals surface area contributed by atoms with Crippen molar-refractivity contribution >= 4 is 44.2 Å². The molecule has 3 aromatic rings. The zero-order valence-corrected chi connectivity index (χ0v) is 14.0. The lowest BCUT2D eigenvalue weighted by Crippen LogP contribution is -2.20. The van der Waals surface area contributed by atoms with Crippen molar-refractivity contribution in [3.63, 3.8) is 0 Å². The summed E-state index contributed by atoms with van der Waals surface area (Å²) in [6.45, 7) is 5.96. The fraction of sp³-hybridized carbons (Fsp3) is 0.267. The monoisotopic (exact) mass is 334 g/mol. The van der Waals surface area contributed by atoms with E-state index < -0.39 is 0 Å². The van der Waals surface area contributed by atoms with Crippen molar-refractivity contribution in [3.05, 3.63) is 40.2 Å². The van der Waals surface area contributed by atoms with E-state index in [9.17, 15) is 4.79 Å². The zero-order chi connectivity index (χ0) is 15.9. The molecule has 0 atom stereocenters. The van der Waals surface area contributed by atoms with E-state index in [-0.39, 0.29) is 12.5 Å². The van der Waals surface area contributed by atoms with Gasteiger partial charge in [-0.05, 0) is 44.5 Å². The van der Waals surface area contributed by atoms with Crippen LogP contribution in [0.15, 0.2) is 18.2 Å². The van der Waals surface area contributed by atoms with Crippen molar-refractivity contribution < 1.29 is 4.79 Å². The van der Waals surface area contributed by atoms with Gasteiger partial charge in [0.2, 0.25) is 5.91 Å². The molecule has 0 fully saturated rings. The van der Waals surface area contributed by atoms with Crippen molar-refractivity contribution in [2.75, 3.05) is 5.32 Å². The second kappa shape index (κ2) is 5.70. The van der Waals surface area contributed by atoms with Gasteiger partial charge < -0.3 is 5.32 Å². The number of hydrogen-bond acceptors (Lipinski definition) is 4. The number of aryl methyl sites for hydroxylation is 3. The molecule has 0 saturated carbocycles. The summed E-state index contributed by atoms with van der Waals surface area (Å²) in [5.41, 5.74) is 3.73. The van der Waals surface area contributed by atoms with Gasteiger partial charge in [0, 0.05) is 10.7 Å². The number of benzene rings is 1. The highest BCUT2D eigenvalue weighted by Crippen LogP contribution is 2.30. The number of hydrogen-bond donors (Lipinski definition) is 1. The van der Waals surface area contributed by atoms with Crippen LogP contribution in [0.5, 0.6) is 0 Å². The lowest BCUT2D eigenvalue weighted by atomic mass is 10.2. The molecule has 3 rings (SSSR count). The standard InChI is InChI=1S/C15H15ClN4OS/c1-8-4-11(16)6-12-14(8)18-15(22-12)17-13(21)7-20-10(3)5-9(2)19-20/h4-6H,7H2,1-3H3,(H,17,18,21). The van der Waals surface area contributed by atoms with Crippen LogP contribution in [0.1, 0.15) is 17.0 Å². The van der Waals surface area contributed by atoms with Gasteiger partial charge in [0.25, 0.3) is 0 Å². The van der Waals surface area contributed by atoms with E-state index in [1.54, 1.807) is 4.68 Å². The Hall–Kier alpha value is -1.92. The largest absolute Gasteiger partial charge is 0.300 e. The fourth-order valence-electron chi connectivity index (χ4n) is 2.34. The molecule has 0 aliphatic rings. The quantitative estimate of drug-likeness (QED) is 0.794. The van der Waals surface area contributed by atoms with Crippen molar-refractivity contribution in [1.29, 1.82) is 0 Å². The number of fused-ring (bicyclic) bond motifs is 1. The lowest BCUT2D eigenvalue weighted by Gasteiger charge is -2.03. The molecule has 1 N–H and O–H groups in total. The maximum absolute atomic E-state index is 12.1. The Kier molecular flexibility index (Phi) is 3.88. The third kappa shape index (κ3) is 2.98. The average molecular weight is 335 g/mol. The van der Waals surface area contributed by atoms with Crippen molar-refractivity contribution in [3.8, 4) is 0 Å².